The predicted octanol–water partition coefficient (Wildman–Crippen LogP) is 3.94. The molecule has 0 saturated carbocycles. The molecule has 1 unspecified atom stereocenters. The first-order valence-electron chi connectivity index (χ1n) is 11.1. The smallest absolute Gasteiger partial charge is 0.203 e. The molecular weight excluding hydrogens is 507 g/mol. The fraction of sp³-hybridized carbons (Fsp3) is 0.696. The second-order valence-electron chi connectivity index (χ2n) is 7.22. The van der Waals surface area contributed by atoms with Crippen molar-refractivity contribution < 1.29 is 14.2 Å². The highest BCUT2D eigenvalue weighted by molar-refractivity contribution is 14.0. The molecule has 1 aromatic carbocycles. The molecule has 8 heteroatoms. The van der Waals surface area contributed by atoms with Gasteiger partial charge in [-0.1, -0.05) is 19.9 Å². The van der Waals surface area contributed by atoms with Gasteiger partial charge in [0.2, 0.25) is 5.75 Å². The summed E-state index contributed by atoms with van der Waals surface area (Å²) in [6, 6.07) is 4.28. The summed E-state index contributed by atoms with van der Waals surface area (Å²) in [5, 5.41) is 6.87. The zero-order valence-corrected chi connectivity index (χ0v) is 22.7. The van der Waals surface area contributed by atoms with Crippen molar-refractivity contribution >= 4 is 29.9 Å². The van der Waals surface area contributed by atoms with Gasteiger partial charge in [0, 0.05) is 24.7 Å². The van der Waals surface area contributed by atoms with Crippen LogP contribution in [0.2, 0.25) is 0 Å². The molecule has 0 aliphatic rings. The Morgan fingerprint density at radius 2 is 1.71 bits per heavy atom. The maximum Gasteiger partial charge on any atom is 0.203 e. The van der Waals surface area contributed by atoms with Crippen LogP contribution < -0.4 is 24.8 Å². The van der Waals surface area contributed by atoms with E-state index in [1.54, 1.807) is 21.3 Å². The maximum atomic E-state index is 5.57. The maximum absolute atomic E-state index is 5.57. The molecule has 0 bridgehead atoms. The molecule has 0 heterocycles. The first-order valence-corrected chi connectivity index (χ1v) is 11.1. The SMILES string of the molecule is CCNC(=NCCc1ccc(OC)c(OC)c1OC)NC(C)CCCN(CC)CC.I. The van der Waals surface area contributed by atoms with Gasteiger partial charge in [0.05, 0.1) is 21.3 Å². The molecule has 180 valence electrons. The van der Waals surface area contributed by atoms with Crippen molar-refractivity contribution in [3.05, 3.63) is 17.7 Å². The Morgan fingerprint density at radius 1 is 1.03 bits per heavy atom. The lowest BCUT2D eigenvalue weighted by Crippen LogP contribution is -2.42. The zero-order valence-electron chi connectivity index (χ0n) is 20.4. The van der Waals surface area contributed by atoms with E-state index in [0.717, 1.165) is 50.5 Å². The number of nitrogens with zero attached hydrogens (tertiary/aromatic N) is 2. The van der Waals surface area contributed by atoms with Crippen LogP contribution in [0, 0.1) is 0 Å². The van der Waals surface area contributed by atoms with E-state index in [-0.39, 0.29) is 24.0 Å². The number of ether oxygens (including phenoxy) is 3. The van der Waals surface area contributed by atoms with Crippen molar-refractivity contribution in [2.24, 2.45) is 4.99 Å². The van der Waals surface area contributed by atoms with E-state index in [2.05, 4.69) is 43.2 Å². The number of guanidine groups is 1. The van der Waals surface area contributed by atoms with Crippen LogP contribution in [0.15, 0.2) is 17.1 Å². The van der Waals surface area contributed by atoms with Crippen LogP contribution in [0.1, 0.15) is 46.1 Å². The summed E-state index contributed by atoms with van der Waals surface area (Å²) >= 11 is 0. The Bertz CT molecular complexity index is 639. The molecule has 1 aromatic rings. The van der Waals surface area contributed by atoms with Crippen LogP contribution in [0.25, 0.3) is 0 Å². The third kappa shape index (κ3) is 10.2. The minimum Gasteiger partial charge on any atom is -0.493 e. The van der Waals surface area contributed by atoms with Crippen LogP contribution in [-0.2, 0) is 6.42 Å². The van der Waals surface area contributed by atoms with Gasteiger partial charge < -0.3 is 29.7 Å². The molecule has 0 saturated heterocycles. The van der Waals surface area contributed by atoms with Gasteiger partial charge >= 0.3 is 0 Å². The normalized spacial score (nSPS) is 12.2. The highest BCUT2D eigenvalue weighted by atomic mass is 127. The van der Waals surface area contributed by atoms with Crippen LogP contribution in [0.3, 0.4) is 0 Å². The van der Waals surface area contributed by atoms with Crippen molar-refractivity contribution in [3.63, 3.8) is 0 Å². The van der Waals surface area contributed by atoms with E-state index in [1.165, 1.54) is 6.42 Å². The number of aliphatic imine (C=N–C) groups is 1. The summed E-state index contributed by atoms with van der Waals surface area (Å²) in [5.74, 6) is 2.84. The third-order valence-electron chi connectivity index (χ3n) is 5.17. The Labute approximate surface area is 206 Å². The highest BCUT2D eigenvalue weighted by Crippen LogP contribution is 2.39. The molecule has 0 aliphatic carbocycles. The number of methoxy groups -OCH3 is 3. The third-order valence-corrected chi connectivity index (χ3v) is 5.17. The van der Waals surface area contributed by atoms with Crippen LogP contribution in [-0.4, -0.2) is 71.0 Å². The minimum atomic E-state index is 0. The molecule has 7 nitrogen and oxygen atoms in total. The molecule has 0 aliphatic heterocycles. The van der Waals surface area contributed by atoms with Gasteiger partial charge in [-0.2, -0.15) is 0 Å². The van der Waals surface area contributed by atoms with Gasteiger partial charge in [-0.05, 0) is 58.8 Å². The first kappa shape index (κ1) is 29.6. The Hall–Kier alpha value is -1.42. The van der Waals surface area contributed by atoms with Crippen LogP contribution in [0.4, 0.5) is 0 Å². The Kier molecular flexibility index (Phi) is 16.4. The van der Waals surface area contributed by atoms with Gasteiger partial charge in [-0.25, -0.2) is 0 Å². The number of rotatable bonds is 14. The molecule has 0 fully saturated rings. The molecule has 0 amide bonds. The van der Waals surface area contributed by atoms with Crippen molar-refractivity contribution in [1.29, 1.82) is 0 Å². The monoisotopic (exact) mass is 550 g/mol. The summed E-state index contributed by atoms with van der Waals surface area (Å²) in [4.78, 5) is 7.21. The van der Waals surface area contributed by atoms with E-state index in [0.29, 0.717) is 29.8 Å². The molecule has 1 rings (SSSR count). The standard InChI is InChI=1S/C23H42N4O3.HI/c1-8-24-23(26-18(4)12-11-17-27(9-2)10-3)25-16-15-19-13-14-20(28-5)22(30-7)21(19)29-6;/h13-14,18H,8-12,15-17H2,1-7H3,(H2,24,25,26);1H. The predicted molar refractivity (Wildman–Crippen MR) is 141 cm³/mol. The largest absolute Gasteiger partial charge is 0.493 e. The van der Waals surface area contributed by atoms with Crippen molar-refractivity contribution in [2.45, 2.75) is 53.0 Å². The van der Waals surface area contributed by atoms with E-state index in [1.807, 2.05) is 12.1 Å². The molecule has 1 atom stereocenters. The van der Waals surface area contributed by atoms with Crippen LogP contribution >= 0.6 is 24.0 Å². The lowest BCUT2D eigenvalue weighted by molar-refractivity contribution is 0.292. The van der Waals surface area contributed by atoms with Gasteiger partial charge in [0.25, 0.3) is 0 Å². The lowest BCUT2D eigenvalue weighted by Gasteiger charge is -2.21. The summed E-state index contributed by atoms with van der Waals surface area (Å²) < 4.78 is 16.4. The minimum absolute atomic E-state index is 0. The average Bonchev–Trinajstić information content (AvgIpc) is 2.76. The second kappa shape index (κ2) is 17.2. The Morgan fingerprint density at radius 3 is 2.26 bits per heavy atom. The van der Waals surface area contributed by atoms with E-state index in [9.17, 15) is 0 Å². The molecule has 0 aromatic heterocycles. The number of hydrogen-bond donors (Lipinski definition) is 2. The molecule has 2 N–H and O–H groups in total. The van der Waals surface area contributed by atoms with E-state index >= 15 is 0 Å². The van der Waals surface area contributed by atoms with Crippen molar-refractivity contribution in [3.8, 4) is 17.2 Å². The second-order valence-corrected chi connectivity index (χ2v) is 7.22. The zero-order chi connectivity index (χ0) is 22.4. The number of nitrogens with one attached hydrogen (secondary N) is 2. The van der Waals surface area contributed by atoms with Crippen LogP contribution in [0.5, 0.6) is 17.2 Å². The van der Waals surface area contributed by atoms with Gasteiger partial charge in [0.15, 0.2) is 17.5 Å². The fourth-order valence-electron chi connectivity index (χ4n) is 3.43. The van der Waals surface area contributed by atoms with E-state index < -0.39 is 0 Å². The van der Waals surface area contributed by atoms with E-state index in [4.69, 9.17) is 19.2 Å². The molecule has 0 spiro atoms. The topological polar surface area (TPSA) is 67.4 Å². The van der Waals surface area contributed by atoms with Gasteiger partial charge in [-0.3, -0.25) is 4.99 Å². The quantitative estimate of drug-likeness (QED) is 0.208. The average molecular weight is 551 g/mol. The first-order chi connectivity index (χ1) is 14.5. The van der Waals surface area contributed by atoms with Crippen molar-refractivity contribution in [2.75, 3.05) is 54.1 Å². The fourth-order valence-corrected chi connectivity index (χ4v) is 3.43. The highest BCUT2D eigenvalue weighted by Gasteiger charge is 2.15. The van der Waals surface area contributed by atoms with Gasteiger partial charge in [-0.15, -0.1) is 24.0 Å². The Balaban J connectivity index is 0.00000900. The molecule has 0 radical (unpaired) electrons. The number of halogens is 1. The molecular formula is C23H43IN4O3. The summed E-state index contributed by atoms with van der Waals surface area (Å²) in [7, 11) is 4.89. The van der Waals surface area contributed by atoms with Crippen molar-refractivity contribution in [1.82, 2.24) is 15.5 Å². The lowest BCUT2D eigenvalue weighted by atomic mass is 10.1. The summed E-state index contributed by atoms with van der Waals surface area (Å²) in [6.45, 7) is 13.6. The number of benzene rings is 1. The molecule has 31 heavy (non-hydrogen) atoms. The number of hydrogen-bond acceptors (Lipinski definition) is 5. The summed E-state index contributed by atoms with van der Waals surface area (Å²) in [5.41, 5.74) is 1.04. The van der Waals surface area contributed by atoms with Gasteiger partial charge in [0.1, 0.15) is 0 Å². The summed E-state index contributed by atoms with van der Waals surface area (Å²) in [6.07, 6.45) is 3.04.